The number of hydrogen-bond donors (Lipinski definition) is 0. The summed E-state index contributed by atoms with van der Waals surface area (Å²) in [4.78, 5) is 7.58. The first-order valence-electron chi connectivity index (χ1n) is 8.46. The van der Waals surface area contributed by atoms with E-state index in [-0.39, 0.29) is 0 Å². The van der Waals surface area contributed by atoms with Gasteiger partial charge in [0.25, 0.3) is 0 Å². The summed E-state index contributed by atoms with van der Waals surface area (Å²) in [5.74, 6) is 0. The summed E-state index contributed by atoms with van der Waals surface area (Å²) in [5, 5.41) is 0. The van der Waals surface area contributed by atoms with Gasteiger partial charge in [-0.25, -0.2) is 0 Å². The van der Waals surface area contributed by atoms with E-state index in [9.17, 15) is 0 Å². The van der Waals surface area contributed by atoms with E-state index in [1.165, 1.54) is 53.5 Å². The standard InChI is InChI=1S/C20H22N2S/c1-6-13-21(14-7-1)15-8-16-22-17-9-2-4-11-19(17)23-20-12-5-3-10-18(20)22/h2-5,8-12,15H,1,6-7,13-14,16H2. The van der Waals surface area contributed by atoms with E-state index in [0.717, 1.165) is 6.54 Å². The Morgan fingerprint density at radius 1 is 0.826 bits per heavy atom. The molecule has 2 aromatic carbocycles. The van der Waals surface area contributed by atoms with Crippen molar-refractivity contribution in [3.63, 3.8) is 0 Å². The molecule has 2 aromatic rings. The molecule has 4 rings (SSSR count). The number of benzene rings is 2. The Hall–Kier alpha value is -1.87. The quantitative estimate of drug-likeness (QED) is 0.758. The molecule has 2 aliphatic heterocycles. The molecule has 0 spiro atoms. The van der Waals surface area contributed by atoms with Crippen molar-refractivity contribution in [2.24, 2.45) is 0 Å². The molecule has 0 radical (unpaired) electrons. The first kappa shape index (κ1) is 14.7. The molecule has 0 unspecified atom stereocenters. The van der Waals surface area contributed by atoms with E-state index in [1.54, 1.807) is 0 Å². The molecule has 0 aromatic heterocycles. The molecule has 0 N–H and O–H groups in total. The molecule has 23 heavy (non-hydrogen) atoms. The summed E-state index contributed by atoms with van der Waals surface area (Å²) >= 11 is 1.87. The third-order valence-electron chi connectivity index (χ3n) is 4.53. The third kappa shape index (κ3) is 3.11. The molecule has 1 fully saturated rings. The Labute approximate surface area is 142 Å². The van der Waals surface area contributed by atoms with Gasteiger partial charge in [-0.3, -0.25) is 0 Å². The van der Waals surface area contributed by atoms with E-state index < -0.39 is 0 Å². The van der Waals surface area contributed by atoms with E-state index in [4.69, 9.17) is 0 Å². The Balaban J connectivity index is 1.58. The zero-order chi connectivity index (χ0) is 15.5. The van der Waals surface area contributed by atoms with Crippen LogP contribution in [0.5, 0.6) is 0 Å². The Morgan fingerprint density at radius 2 is 1.43 bits per heavy atom. The maximum Gasteiger partial charge on any atom is 0.0555 e. The lowest BCUT2D eigenvalue weighted by molar-refractivity contribution is 0.309. The molecule has 3 heteroatoms. The predicted octanol–water partition coefficient (Wildman–Crippen LogP) is 5.29. The number of piperidine rings is 1. The SMILES string of the molecule is C(=CN1CCCCC1)CN1c2ccccc2Sc2ccccc21. The van der Waals surface area contributed by atoms with Crippen LogP contribution in [0.15, 0.2) is 70.6 Å². The van der Waals surface area contributed by atoms with Gasteiger partial charge >= 0.3 is 0 Å². The normalized spacial score (nSPS) is 17.2. The van der Waals surface area contributed by atoms with Gasteiger partial charge in [-0.2, -0.15) is 0 Å². The second-order valence-electron chi connectivity index (χ2n) is 6.13. The molecule has 0 atom stereocenters. The maximum absolute atomic E-state index is 2.46. The Morgan fingerprint density at radius 3 is 2.09 bits per heavy atom. The molecule has 2 heterocycles. The predicted molar refractivity (Wildman–Crippen MR) is 98.6 cm³/mol. The molecule has 2 nitrogen and oxygen atoms in total. The smallest absolute Gasteiger partial charge is 0.0555 e. The van der Waals surface area contributed by atoms with Crippen LogP contribution in [-0.4, -0.2) is 24.5 Å². The first-order valence-corrected chi connectivity index (χ1v) is 9.28. The fourth-order valence-corrected chi connectivity index (χ4v) is 4.44. The van der Waals surface area contributed by atoms with Gasteiger partial charge in [-0.1, -0.05) is 36.0 Å². The molecular weight excluding hydrogens is 300 g/mol. The van der Waals surface area contributed by atoms with Gasteiger partial charge < -0.3 is 9.80 Å². The second kappa shape index (κ2) is 6.71. The van der Waals surface area contributed by atoms with Crippen molar-refractivity contribution in [3.05, 3.63) is 60.8 Å². The van der Waals surface area contributed by atoms with Gasteiger partial charge in [0.05, 0.1) is 11.4 Å². The first-order chi connectivity index (χ1) is 11.4. The highest BCUT2D eigenvalue weighted by Gasteiger charge is 2.21. The molecular formula is C20H22N2S. The van der Waals surface area contributed by atoms with Gasteiger partial charge in [-0.15, -0.1) is 0 Å². The highest BCUT2D eigenvalue weighted by atomic mass is 32.2. The molecule has 1 saturated heterocycles. The lowest BCUT2D eigenvalue weighted by atomic mass is 10.1. The monoisotopic (exact) mass is 322 g/mol. The fraction of sp³-hybridized carbons (Fsp3) is 0.300. The van der Waals surface area contributed by atoms with Gasteiger partial charge in [0.15, 0.2) is 0 Å². The van der Waals surface area contributed by atoms with Crippen LogP contribution in [-0.2, 0) is 0 Å². The average molecular weight is 322 g/mol. The fourth-order valence-electron chi connectivity index (χ4n) is 3.35. The lowest BCUT2D eigenvalue weighted by Gasteiger charge is -2.32. The highest BCUT2D eigenvalue weighted by Crippen LogP contribution is 2.47. The zero-order valence-corrected chi connectivity index (χ0v) is 14.1. The lowest BCUT2D eigenvalue weighted by Crippen LogP contribution is -2.25. The maximum atomic E-state index is 2.46. The summed E-state index contributed by atoms with van der Waals surface area (Å²) in [6, 6.07) is 17.4. The Bertz CT molecular complexity index is 659. The van der Waals surface area contributed by atoms with Crippen LogP contribution >= 0.6 is 11.8 Å². The number of likely N-dealkylation sites (tertiary alicyclic amines) is 1. The van der Waals surface area contributed by atoms with Crippen molar-refractivity contribution in [2.75, 3.05) is 24.5 Å². The van der Waals surface area contributed by atoms with Crippen LogP contribution < -0.4 is 4.90 Å². The van der Waals surface area contributed by atoms with Crippen molar-refractivity contribution in [1.29, 1.82) is 0 Å². The van der Waals surface area contributed by atoms with Crippen molar-refractivity contribution < 1.29 is 0 Å². The average Bonchev–Trinajstić information content (AvgIpc) is 2.62. The van der Waals surface area contributed by atoms with Crippen molar-refractivity contribution in [2.45, 2.75) is 29.1 Å². The summed E-state index contributed by atoms with van der Waals surface area (Å²) in [6.07, 6.45) is 8.65. The van der Waals surface area contributed by atoms with Crippen molar-refractivity contribution in [3.8, 4) is 0 Å². The third-order valence-corrected chi connectivity index (χ3v) is 5.66. The molecule has 0 amide bonds. The number of fused-ring (bicyclic) bond motifs is 2. The van der Waals surface area contributed by atoms with E-state index >= 15 is 0 Å². The largest absolute Gasteiger partial charge is 0.378 e. The molecule has 118 valence electrons. The van der Waals surface area contributed by atoms with Crippen LogP contribution in [0.4, 0.5) is 11.4 Å². The summed E-state index contributed by atoms with van der Waals surface area (Å²) in [7, 11) is 0. The van der Waals surface area contributed by atoms with Gasteiger partial charge in [0, 0.05) is 29.4 Å². The van der Waals surface area contributed by atoms with Gasteiger partial charge in [0.1, 0.15) is 0 Å². The number of anilines is 2. The van der Waals surface area contributed by atoms with Crippen LogP contribution in [0.2, 0.25) is 0 Å². The highest BCUT2D eigenvalue weighted by molar-refractivity contribution is 7.99. The summed E-state index contributed by atoms with van der Waals surface area (Å²) in [6.45, 7) is 3.34. The van der Waals surface area contributed by atoms with Crippen LogP contribution in [0.3, 0.4) is 0 Å². The zero-order valence-electron chi connectivity index (χ0n) is 13.3. The van der Waals surface area contributed by atoms with Crippen LogP contribution in [0.1, 0.15) is 19.3 Å². The number of rotatable bonds is 3. The van der Waals surface area contributed by atoms with Crippen LogP contribution in [0, 0.1) is 0 Å². The Kier molecular flexibility index (Phi) is 4.29. The van der Waals surface area contributed by atoms with E-state index in [1.807, 2.05) is 11.8 Å². The van der Waals surface area contributed by atoms with Gasteiger partial charge in [0.2, 0.25) is 0 Å². The number of para-hydroxylation sites is 2. The minimum Gasteiger partial charge on any atom is -0.378 e. The van der Waals surface area contributed by atoms with Crippen LogP contribution in [0.25, 0.3) is 0 Å². The van der Waals surface area contributed by atoms with Crippen molar-refractivity contribution >= 4 is 23.1 Å². The second-order valence-corrected chi connectivity index (χ2v) is 7.21. The molecule has 0 aliphatic carbocycles. The number of nitrogens with zero attached hydrogens (tertiary/aromatic N) is 2. The van der Waals surface area contributed by atoms with E-state index in [2.05, 4.69) is 70.6 Å². The summed E-state index contributed by atoms with van der Waals surface area (Å²) in [5.41, 5.74) is 2.64. The number of hydrogen-bond acceptors (Lipinski definition) is 3. The minimum atomic E-state index is 0.922. The molecule has 2 aliphatic rings. The van der Waals surface area contributed by atoms with Crippen molar-refractivity contribution in [1.82, 2.24) is 4.90 Å². The summed E-state index contributed by atoms with van der Waals surface area (Å²) < 4.78 is 0. The molecule has 0 saturated carbocycles. The van der Waals surface area contributed by atoms with E-state index in [0.29, 0.717) is 0 Å². The minimum absolute atomic E-state index is 0.922. The van der Waals surface area contributed by atoms with Gasteiger partial charge in [-0.05, 0) is 55.8 Å². The topological polar surface area (TPSA) is 6.48 Å². The molecule has 0 bridgehead atoms.